The highest BCUT2D eigenvalue weighted by Crippen LogP contribution is 2.45. The van der Waals surface area contributed by atoms with Crippen molar-refractivity contribution in [2.75, 3.05) is 13.7 Å². The van der Waals surface area contributed by atoms with Gasteiger partial charge in [-0.3, -0.25) is 0 Å². The average molecular weight is 346 g/mol. The summed E-state index contributed by atoms with van der Waals surface area (Å²) >= 11 is 0. The number of rotatable bonds is 5. The third-order valence-electron chi connectivity index (χ3n) is 5.55. The molecule has 1 aliphatic carbocycles. The molecule has 1 heterocycles. The summed E-state index contributed by atoms with van der Waals surface area (Å²) in [7, 11) is 1.69. The molecule has 134 valence electrons. The van der Waals surface area contributed by atoms with E-state index in [0.29, 0.717) is 12.5 Å². The number of methoxy groups -OCH3 is 1. The van der Waals surface area contributed by atoms with Crippen LogP contribution in [0, 0.1) is 11.6 Å². The van der Waals surface area contributed by atoms with Crippen molar-refractivity contribution in [2.45, 2.75) is 50.9 Å². The molecule has 1 aromatic heterocycles. The first kappa shape index (κ1) is 17.9. The minimum absolute atomic E-state index is 0.105. The fourth-order valence-electron chi connectivity index (χ4n) is 4.01. The quantitative estimate of drug-likeness (QED) is 0.764. The first-order chi connectivity index (χ1) is 12.1. The Balaban J connectivity index is 2.17. The molecule has 25 heavy (non-hydrogen) atoms. The summed E-state index contributed by atoms with van der Waals surface area (Å²) in [5.41, 5.74) is 1.97. The smallest absolute Gasteiger partial charge is 0.135 e. The molecular formula is C20H24F2N2O. The van der Waals surface area contributed by atoms with Crippen molar-refractivity contribution in [3.63, 3.8) is 0 Å². The Bertz CT molecular complexity index is 745. The first-order valence-corrected chi connectivity index (χ1v) is 8.87. The topological polar surface area (TPSA) is 35.0 Å². The lowest BCUT2D eigenvalue weighted by molar-refractivity contribution is 0.108. The number of fused-ring (bicyclic) bond motifs is 1. The summed E-state index contributed by atoms with van der Waals surface area (Å²) in [6.07, 6.45) is 3.87. The van der Waals surface area contributed by atoms with E-state index in [-0.39, 0.29) is 16.7 Å². The molecule has 0 unspecified atom stereocenters. The largest absolute Gasteiger partial charge is 0.384 e. The average Bonchev–Trinajstić information content (AvgIpc) is 2.62. The molecule has 0 radical (unpaired) electrons. The molecular weight excluding hydrogens is 322 g/mol. The van der Waals surface area contributed by atoms with E-state index < -0.39 is 11.6 Å². The Morgan fingerprint density at radius 1 is 1.20 bits per heavy atom. The number of ether oxygens (including phenoxy) is 1. The third kappa shape index (κ3) is 3.06. The van der Waals surface area contributed by atoms with Crippen molar-refractivity contribution in [3.05, 3.63) is 47.2 Å². The van der Waals surface area contributed by atoms with Crippen molar-refractivity contribution >= 4 is 0 Å². The second-order valence-corrected chi connectivity index (χ2v) is 6.84. The maximum Gasteiger partial charge on any atom is 0.135 e. The lowest BCUT2D eigenvalue weighted by Gasteiger charge is -2.39. The molecule has 0 amide bonds. The Morgan fingerprint density at radius 3 is 2.52 bits per heavy atom. The number of hydrogen-bond donors (Lipinski definition) is 0. The Morgan fingerprint density at radius 2 is 1.92 bits per heavy atom. The molecule has 2 aromatic rings. The normalized spacial score (nSPS) is 22.7. The molecule has 1 aromatic carbocycles. The van der Waals surface area contributed by atoms with Gasteiger partial charge in [-0.05, 0) is 55.4 Å². The minimum Gasteiger partial charge on any atom is -0.384 e. The fraction of sp³-hybridized carbons (Fsp3) is 0.500. The van der Waals surface area contributed by atoms with Gasteiger partial charge in [0, 0.05) is 12.5 Å². The van der Waals surface area contributed by atoms with Crippen LogP contribution in [0.1, 0.15) is 56.7 Å². The summed E-state index contributed by atoms with van der Waals surface area (Å²) in [5.74, 6) is -0.899. The van der Waals surface area contributed by atoms with Crippen LogP contribution in [0.2, 0.25) is 0 Å². The van der Waals surface area contributed by atoms with Crippen LogP contribution in [-0.2, 0) is 10.2 Å². The van der Waals surface area contributed by atoms with E-state index in [2.05, 4.69) is 24.0 Å². The maximum atomic E-state index is 14.2. The van der Waals surface area contributed by atoms with Crippen LogP contribution in [0.5, 0.6) is 0 Å². The van der Waals surface area contributed by atoms with Gasteiger partial charge in [0.15, 0.2) is 0 Å². The van der Waals surface area contributed by atoms with Gasteiger partial charge in [0.1, 0.15) is 11.6 Å². The number of aromatic nitrogens is 2. The molecule has 3 rings (SSSR count). The number of nitrogens with zero attached hydrogens (tertiary/aromatic N) is 2. The molecule has 1 aliphatic rings. The van der Waals surface area contributed by atoms with E-state index in [9.17, 15) is 8.78 Å². The van der Waals surface area contributed by atoms with E-state index in [4.69, 9.17) is 4.74 Å². The Hall–Kier alpha value is -1.88. The molecule has 0 spiro atoms. The van der Waals surface area contributed by atoms with Crippen molar-refractivity contribution in [3.8, 4) is 11.3 Å². The lowest BCUT2D eigenvalue weighted by atomic mass is 9.67. The SMILES string of the molecule is CC[C@H]1CC[C@](CC)(COC)c2nnc(-c3c(F)cccc3F)cc21. The van der Waals surface area contributed by atoms with Gasteiger partial charge in [-0.2, -0.15) is 10.2 Å². The number of halogens is 2. The van der Waals surface area contributed by atoms with Crippen LogP contribution >= 0.6 is 0 Å². The van der Waals surface area contributed by atoms with Crippen molar-refractivity contribution < 1.29 is 13.5 Å². The van der Waals surface area contributed by atoms with Gasteiger partial charge in [0.05, 0.1) is 23.6 Å². The van der Waals surface area contributed by atoms with Crippen LogP contribution in [0.25, 0.3) is 11.3 Å². The molecule has 2 atom stereocenters. The van der Waals surface area contributed by atoms with E-state index in [0.717, 1.165) is 36.9 Å². The van der Waals surface area contributed by atoms with Crippen LogP contribution in [0.3, 0.4) is 0 Å². The molecule has 5 heteroatoms. The monoisotopic (exact) mass is 346 g/mol. The predicted octanol–water partition coefficient (Wildman–Crippen LogP) is 5.00. The zero-order valence-electron chi connectivity index (χ0n) is 15.0. The Labute approximate surface area is 147 Å². The standard InChI is InChI=1S/C20H24F2N2O/c1-4-13-9-10-20(5-2,12-25-3)19-14(13)11-17(23-24-19)18-15(21)7-6-8-16(18)22/h6-8,11,13H,4-5,9-10,12H2,1-3H3/t13-,20+/m0/s1. The van der Waals surface area contributed by atoms with Crippen LogP contribution in [-0.4, -0.2) is 23.9 Å². The van der Waals surface area contributed by atoms with Crippen molar-refractivity contribution in [1.82, 2.24) is 10.2 Å². The molecule has 0 saturated carbocycles. The number of benzene rings is 1. The van der Waals surface area contributed by atoms with Crippen molar-refractivity contribution in [1.29, 1.82) is 0 Å². The second-order valence-electron chi connectivity index (χ2n) is 6.84. The van der Waals surface area contributed by atoms with Crippen LogP contribution in [0.4, 0.5) is 8.78 Å². The molecule has 0 aliphatic heterocycles. The van der Waals surface area contributed by atoms with Crippen LogP contribution < -0.4 is 0 Å². The first-order valence-electron chi connectivity index (χ1n) is 8.87. The lowest BCUT2D eigenvalue weighted by Crippen LogP contribution is -2.37. The predicted molar refractivity (Wildman–Crippen MR) is 93.5 cm³/mol. The number of hydrogen-bond acceptors (Lipinski definition) is 3. The fourth-order valence-corrected chi connectivity index (χ4v) is 4.01. The summed E-state index contributed by atoms with van der Waals surface area (Å²) < 4.78 is 33.8. The molecule has 3 nitrogen and oxygen atoms in total. The van der Waals surface area contributed by atoms with E-state index in [1.54, 1.807) is 7.11 Å². The molecule has 0 N–H and O–H groups in total. The van der Waals surface area contributed by atoms with Crippen LogP contribution in [0.15, 0.2) is 24.3 Å². The van der Waals surface area contributed by atoms with Gasteiger partial charge >= 0.3 is 0 Å². The summed E-state index contributed by atoms with van der Waals surface area (Å²) in [5, 5.41) is 8.65. The van der Waals surface area contributed by atoms with E-state index in [1.165, 1.54) is 18.2 Å². The van der Waals surface area contributed by atoms with Crippen molar-refractivity contribution in [2.24, 2.45) is 0 Å². The van der Waals surface area contributed by atoms with Gasteiger partial charge in [-0.25, -0.2) is 8.78 Å². The molecule has 0 fully saturated rings. The van der Waals surface area contributed by atoms with Gasteiger partial charge < -0.3 is 4.74 Å². The highest BCUT2D eigenvalue weighted by atomic mass is 19.1. The van der Waals surface area contributed by atoms with Gasteiger partial charge in [0.25, 0.3) is 0 Å². The van der Waals surface area contributed by atoms with Gasteiger partial charge in [-0.1, -0.05) is 19.9 Å². The Kier molecular flexibility index (Phi) is 5.13. The molecule has 0 saturated heterocycles. The molecule has 0 bridgehead atoms. The second kappa shape index (κ2) is 7.16. The highest BCUT2D eigenvalue weighted by Gasteiger charge is 2.40. The van der Waals surface area contributed by atoms with E-state index >= 15 is 0 Å². The summed E-state index contributed by atoms with van der Waals surface area (Å²) in [6.45, 7) is 4.84. The van der Waals surface area contributed by atoms with Gasteiger partial charge in [0.2, 0.25) is 0 Å². The zero-order chi connectivity index (χ0) is 18.0. The maximum absolute atomic E-state index is 14.2. The zero-order valence-corrected chi connectivity index (χ0v) is 15.0. The highest BCUT2D eigenvalue weighted by molar-refractivity contribution is 5.62. The van der Waals surface area contributed by atoms with E-state index in [1.807, 2.05) is 6.07 Å². The van der Waals surface area contributed by atoms with Gasteiger partial charge in [-0.15, -0.1) is 0 Å². The third-order valence-corrected chi connectivity index (χ3v) is 5.55. The summed E-state index contributed by atoms with van der Waals surface area (Å²) in [4.78, 5) is 0. The minimum atomic E-state index is -0.614. The summed E-state index contributed by atoms with van der Waals surface area (Å²) in [6, 6.07) is 5.68.